The van der Waals surface area contributed by atoms with Gasteiger partial charge in [0.25, 0.3) is 0 Å². The van der Waals surface area contributed by atoms with Gasteiger partial charge in [-0.3, -0.25) is 0 Å². The first-order valence-corrected chi connectivity index (χ1v) is 7.16. The van der Waals surface area contributed by atoms with Crippen molar-refractivity contribution in [3.8, 4) is 0 Å². The Morgan fingerprint density at radius 3 is 2.74 bits per heavy atom. The second-order valence-corrected chi connectivity index (χ2v) is 5.74. The Bertz CT molecular complexity index is 412. The van der Waals surface area contributed by atoms with E-state index in [1.54, 1.807) is 0 Å². The van der Waals surface area contributed by atoms with Crippen LogP contribution in [0.5, 0.6) is 0 Å². The Morgan fingerprint density at radius 1 is 1.37 bits per heavy atom. The summed E-state index contributed by atoms with van der Waals surface area (Å²) in [5.41, 5.74) is 2.64. The van der Waals surface area contributed by atoms with Crippen molar-refractivity contribution in [2.24, 2.45) is 17.7 Å². The molecule has 0 saturated carbocycles. The number of nitrogens with zero attached hydrogens (tertiary/aromatic N) is 3. The molecule has 3 atom stereocenters. The van der Waals surface area contributed by atoms with Gasteiger partial charge < -0.3 is 10.3 Å². The summed E-state index contributed by atoms with van der Waals surface area (Å²) in [6.45, 7) is 10.0. The number of anilines is 2. The van der Waals surface area contributed by atoms with Gasteiger partial charge in [-0.25, -0.2) is 15.8 Å². The van der Waals surface area contributed by atoms with Crippen LogP contribution < -0.4 is 16.2 Å². The van der Waals surface area contributed by atoms with E-state index in [-0.39, 0.29) is 0 Å². The van der Waals surface area contributed by atoms with Crippen molar-refractivity contribution >= 4 is 11.6 Å². The standard InChI is InChI=1S/C14H25N5/c1-5-12-16-13(18-15)7-14(17-12)19-8-9(2)6-10(3)11(19)4/h7,9-11H,5-6,8,15H2,1-4H3,(H,16,17,18). The van der Waals surface area contributed by atoms with Crippen LogP contribution in [0.4, 0.5) is 11.6 Å². The van der Waals surface area contributed by atoms with Crippen LogP contribution in [0.3, 0.4) is 0 Å². The van der Waals surface area contributed by atoms with Crippen molar-refractivity contribution in [3.63, 3.8) is 0 Å². The molecule has 0 spiro atoms. The van der Waals surface area contributed by atoms with E-state index in [2.05, 4.69) is 48.0 Å². The molecule has 19 heavy (non-hydrogen) atoms. The van der Waals surface area contributed by atoms with E-state index >= 15 is 0 Å². The molecule has 1 saturated heterocycles. The number of hydrazine groups is 1. The largest absolute Gasteiger partial charge is 0.353 e. The van der Waals surface area contributed by atoms with E-state index in [1.165, 1.54) is 6.42 Å². The second kappa shape index (κ2) is 5.74. The first-order valence-electron chi connectivity index (χ1n) is 7.16. The summed E-state index contributed by atoms with van der Waals surface area (Å²) in [6, 6.07) is 2.45. The van der Waals surface area contributed by atoms with E-state index < -0.39 is 0 Å². The molecule has 1 aliphatic rings. The average Bonchev–Trinajstić information content (AvgIpc) is 2.42. The van der Waals surface area contributed by atoms with Gasteiger partial charge in [0.2, 0.25) is 0 Å². The normalized spacial score (nSPS) is 27.4. The lowest BCUT2D eigenvalue weighted by Gasteiger charge is -2.42. The summed E-state index contributed by atoms with van der Waals surface area (Å²) in [7, 11) is 0. The molecule has 1 fully saturated rings. The van der Waals surface area contributed by atoms with Crippen molar-refractivity contribution in [2.75, 3.05) is 16.9 Å². The zero-order valence-electron chi connectivity index (χ0n) is 12.3. The minimum Gasteiger partial charge on any atom is -0.353 e. The summed E-state index contributed by atoms with van der Waals surface area (Å²) in [4.78, 5) is 11.4. The predicted molar refractivity (Wildman–Crippen MR) is 79.0 cm³/mol. The molecule has 5 nitrogen and oxygen atoms in total. The zero-order chi connectivity index (χ0) is 14.0. The number of nitrogens with one attached hydrogen (secondary N) is 1. The summed E-state index contributed by atoms with van der Waals surface area (Å²) in [6.07, 6.45) is 2.10. The number of nitrogens with two attached hydrogens (primary N) is 1. The molecule has 2 heterocycles. The highest BCUT2D eigenvalue weighted by Crippen LogP contribution is 2.31. The summed E-state index contributed by atoms with van der Waals surface area (Å²) in [5.74, 6) is 9.40. The third kappa shape index (κ3) is 2.97. The maximum atomic E-state index is 5.50. The topological polar surface area (TPSA) is 67.1 Å². The molecule has 0 aliphatic carbocycles. The van der Waals surface area contributed by atoms with Gasteiger partial charge in [0.15, 0.2) is 0 Å². The van der Waals surface area contributed by atoms with E-state index in [4.69, 9.17) is 5.84 Å². The number of hydrogen-bond acceptors (Lipinski definition) is 5. The van der Waals surface area contributed by atoms with E-state index in [0.717, 1.165) is 24.6 Å². The van der Waals surface area contributed by atoms with Crippen LogP contribution in [0, 0.1) is 11.8 Å². The van der Waals surface area contributed by atoms with Gasteiger partial charge >= 0.3 is 0 Å². The highest BCUT2D eigenvalue weighted by Gasteiger charge is 2.30. The van der Waals surface area contributed by atoms with Gasteiger partial charge in [-0.15, -0.1) is 0 Å². The molecular formula is C14H25N5. The van der Waals surface area contributed by atoms with Crippen LogP contribution in [0.2, 0.25) is 0 Å². The first-order chi connectivity index (χ1) is 9.05. The maximum absolute atomic E-state index is 5.50. The third-order valence-corrected chi connectivity index (χ3v) is 4.11. The Labute approximate surface area is 115 Å². The monoisotopic (exact) mass is 263 g/mol. The molecule has 3 unspecified atom stereocenters. The molecule has 3 N–H and O–H groups in total. The zero-order valence-corrected chi connectivity index (χ0v) is 12.3. The lowest BCUT2D eigenvalue weighted by Crippen LogP contribution is -2.46. The minimum atomic E-state index is 0.501. The Balaban J connectivity index is 2.33. The smallest absolute Gasteiger partial charge is 0.145 e. The molecule has 1 aliphatic heterocycles. The quantitative estimate of drug-likeness (QED) is 0.646. The molecule has 2 rings (SSSR count). The molecule has 1 aromatic heterocycles. The fourth-order valence-electron chi connectivity index (χ4n) is 2.88. The van der Waals surface area contributed by atoms with Crippen molar-refractivity contribution in [1.29, 1.82) is 0 Å². The van der Waals surface area contributed by atoms with Gasteiger partial charge in [-0.2, -0.15) is 0 Å². The maximum Gasteiger partial charge on any atom is 0.145 e. The molecule has 106 valence electrons. The highest BCUT2D eigenvalue weighted by molar-refractivity contribution is 5.50. The van der Waals surface area contributed by atoms with Gasteiger partial charge in [-0.05, 0) is 25.2 Å². The average molecular weight is 263 g/mol. The van der Waals surface area contributed by atoms with Crippen LogP contribution in [0.15, 0.2) is 6.07 Å². The number of piperidine rings is 1. The molecule has 5 heteroatoms. The number of nitrogen functional groups attached to an aromatic ring is 1. The van der Waals surface area contributed by atoms with Crippen LogP contribution >= 0.6 is 0 Å². The summed E-state index contributed by atoms with van der Waals surface area (Å²) < 4.78 is 0. The van der Waals surface area contributed by atoms with Crippen LogP contribution in [-0.4, -0.2) is 22.6 Å². The second-order valence-electron chi connectivity index (χ2n) is 5.74. The van der Waals surface area contributed by atoms with Gasteiger partial charge in [-0.1, -0.05) is 20.8 Å². The highest BCUT2D eigenvalue weighted by atomic mass is 15.3. The molecule has 0 aromatic carbocycles. The number of rotatable bonds is 3. The van der Waals surface area contributed by atoms with Gasteiger partial charge in [0.05, 0.1) is 0 Å². The van der Waals surface area contributed by atoms with E-state index in [0.29, 0.717) is 23.7 Å². The van der Waals surface area contributed by atoms with E-state index in [1.807, 2.05) is 6.07 Å². The Morgan fingerprint density at radius 2 is 2.11 bits per heavy atom. The summed E-state index contributed by atoms with van der Waals surface area (Å²) >= 11 is 0. The molecular weight excluding hydrogens is 238 g/mol. The van der Waals surface area contributed by atoms with Crippen molar-refractivity contribution < 1.29 is 0 Å². The van der Waals surface area contributed by atoms with Crippen LogP contribution in [0.25, 0.3) is 0 Å². The fourth-order valence-corrected chi connectivity index (χ4v) is 2.88. The molecule has 0 amide bonds. The van der Waals surface area contributed by atoms with E-state index in [9.17, 15) is 0 Å². The minimum absolute atomic E-state index is 0.501. The SMILES string of the molecule is CCc1nc(NN)cc(N2CC(C)CC(C)C2C)n1. The van der Waals surface area contributed by atoms with Gasteiger partial charge in [0.1, 0.15) is 17.5 Å². The molecule has 0 radical (unpaired) electrons. The Kier molecular flexibility index (Phi) is 4.24. The molecule has 0 bridgehead atoms. The molecule has 1 aromatic rings. The number of aryl methyl sites for hydroxylation is 1. The van der Waals surface area contributed by atoms with Crippen molar-refractivity contribution in [3.05, 3.63) is 11.9 Å². The number of aromatic nitrogens is 2. The predicted octanol–water partition coefficient (Wildman–Crippen LogP) is 2.20. The lowest BCUT2D eigenvalue weighted by atomic mass is 9.86. The first kappa shape index (κ1) is 14.1. The summed E-state index contributed by atoms with van der Waals surface area (Å²) in [5, 5.41) is 0. The third-order valence-electron chi connectivity index (χ3n) is 4.11. The lowest BCUT2D eigenvalue weighted by molar-refractivity contribution is 0.295. The van der Waals surface area contributed by atoms with Crippen molar-refractivity contribution in [2.45, 2.75) is 46.6 Å². The fraction of sp³-hybridized carbons (Fsp3) is 0.714. The van der Waals surface area contributed by atoms with Crippen molar-refractivity contribution in [1.82, 2.24) is 9.97 Å². The number of hydrogen-bond donors (Lipinski definition) is 2. The van der Waals surface area contributed by atoms with Gasteiger partial charge in [0, 0.05) is 25.1 Å². The Hall–Kier alpha value is -1.36. The van der Waals surface area contributed by atoms with Crippen LogP contribution in [0.1, 0.15) is 39.9 Å². The van der Waals surface area contributed by atoms with Crippen LogP contribution in [-0.2, 0) is 6.42 Å².